The number of rotatable bonds is 3. The minimum Gasteiger partial charge on any atom is -0.312 e. The maximum Gasteiger partial charge on any atom is 0.328 e. The van der Waals surface area contributed by atoms with Crippen molar-refractivity contribution in [1.29, 1.82) is 0 Å². The molecule has 0 spiro atoms. The molecule has 1 aliphatic rings. The number of nitrogens with one attached hydrogen (secondary N) is 1. The molecule has 1 saturated heterocycles. The van der Waals surface area contributed by atoms with Gasteiger partial charge >= 0.3 is 5.69 Å². The molecule has 1 unspecified atom stereocenters. The van der Waals surface area contributed by atoms with Crippen molar-refractivity contribution >= 4 is 0 Å². The summed E-state index contributed by atoms with van der Waals surface area (Å²) in [6, 6.07) is 0.476. The van der Waals surface area contributed by atoms with Gasteiger partial charge in [-0.05, 0) is 26.3 Å². The zero-order valence-electron chi connectivity index (χ0n) is 9.28. The number of nitrogens with zero attached hydrogens (tertiary/aromatic N) is 2. The summed E-state index contributed by atoms with van der Waals surface area (Å²) in [7, 11) is 0. The van der Waals surface area contributed by atoms with Gasteiger partial charge in [0.1, 0.15) is 0 Å². The van der Waals surface area contributed by atoms with Crippen LogP contribution in [0.3, 0.4) is 0 Å². The van der Waals surface area contributed by atoms with Crippen LogP contribution in [0, 0.1) is 0 Å². The second-order valence-corrected chi connectivity index (χ2v) is 4.17. The second kappa shape index (κ2) is 4.66. The zero-order chi connectivity index (χ0) is 10.7. The number of hydrogen-bond acceptors (Lipinski definition) is 2. The summed E-state index contributed by atoms with van der Waals surface area (Å²) in [5.74, 6) is 0. The number of hydrogen-bond donors (Lipinski definition) is 1. The Morgan fingerprint density at radius 1 is 1.40 bits per heavy atom. The van der Waals surface area contributed by atoms with Crippen LogP contribution in [-0.2, 0) is 13.1 Å². The van der Waals surface area contributed by atoms with Gasteiger partial charge in [0, 0.05) is 31.5 Å². The Morgan fingerprint density at radius 3 is 2.80 bits per heavy atom. The monoisotopic (exact) mass is 209 g/mol. The average Bonchev–Trinajstić information content (AvgIpc) is 2.62. The highest BCUT2D eigenvalue weighted by Crippen LogP contribution is 2.08. The van der Waals surface area contributed by atoms with Gasteiger partial charge in [-0.1, -0.05) is 6.42 Å². The van der Waals surface area contributed by atoms with Gasteiger partial charge in [-0.2, -0.15) is 0 Å². The molecule has 0 saturated carbocycles. The fourth-order valence-electron chi connectivity index (χ4n) is 2.15. The van der Waals surface area contributed by atoms with E-state index in [0.717, 1.165) is 19.6 Å². The van der Waals surface area contributed by atoms with Crippen molar-refractivity contribution in [2.45, 2.75) is 45.3 Å². The van der Waals surface area contributed by atoms with Crippen LogP contribution in [0.4, 0.5) is 0 Å². The number of imidazole rings is 1. The molecule has 1 aromatic heterocycles. The lowest BCUT2D eigenvalue weighted by Gasteiger charge is -2.23. The van der Waals surface area contributed by atoms with Gasteiger partial charge < -0.3 is 5.32 Å². The van der Waals surface area contributed by atoms with Crippen LogP contribution in [0.5, 0.6) is 0 Å². The second-order valence-electron chi connectivity index (χ2n) is 4.17. The van der Waals surface area contributed by atoms with Gasteiger partial charge in [0.15, 0.2) is 0 Å². The fourth-order valence-corrected chi connectivity index (χ4v) is 2.15. The van der Waals surface area contributed by atoms with E-state index in [1.54, 1.807) is 4.57 Å². The van der Waals surface area contributed by atoms with Gasteiger partial charge in [-0.15, -0.1) is 0 Å². The summed E-state index contributed by atoms with van der Waals surface area (Å²) < 4.78 is 3.55. The molecule has 1 atom stereocenters. The molecule has 15 heavy (non-hydrogen) atoms. The Morgan fingerprint density at radius 2 is 2.20 bits per heavy atom. The van der Waals surface area contributed by atoms with Gasteiger partial charge in [0.25, 0.3) is 0 Å². The Bertz CT molecular complexity index is 360. The van der Waals surface area contributed by atoms with E-state index >= 15 is 0 Å². The first-order valence-electron chi connectivity index (χ1n) is 5.80. The summed E-state index contributed by atoms with van der Waals surface area (Å²) in [5, 5.41) is 3.45. The Hall–Kier alpha value is -1.03. The lowest BCUT2D eigenvalue weighted by molar-refractivity contribution is 0.358. The van der Waals surface area contributed by atoms with Crippen LogP contribution >= 0.6 is 0 Å². The number of aryl methyl sites for hydroxylation is 1. The largest absolute Gasteiger partial charge is 0.328 e. The van der Waals surface area contributed by atoms with E-state index < -0.39 is 0 Å². The van der Waals surface area contributed by atoms with Crippen LogP contribution in [0.15, 0.2) is 17.2 Å². The van der Waals surface area contributed by atoms with Crippen LogP contribution in [0.1, 0.15) is 26.2 Å². The predicted octanol–water partition coefficient (Wildman–Crippen LogP) is 0.812. The topological polar surface area (TPSA) is 39.0 Å². The van der Waals surface area contributed by atoms with E-state index in [-0.39, 0.29) is 5.69 Å². The molecular weight excluding hydrogens is 190 g/mol. The predicted molar refractivity (Wildman–Crippen MR) is 60.0 cm³/mol. The van der Waals surface area contributed by atoms with Gasteiger partial charge in [-0.3, -0.25) is 9.13 Å². The average molecular weight is 209 g/mol. The third-order valence-electron chi connectivity index (χ3n) is 3.09. The highest BCUT2D eigenvalue weighted by Gasteiger charge is 2.14. The van der Waals surface area contributed by atoms with E-state index in [9.17, 15) is 4.79 Å². The van der Waals surface area contributed by atoms with E-state index in [1.165, 1.54) is 19.3 Å². The molecule has 0 bridgehead atoms. The minimum absolute atomic E-state index is 0.116. The summed E-state index contributed by atoms with van der Waals surface area (Å²) in [4.78, 5) is 11.8. The Balaban J connectivity index is 2.03. The highest BCUT2D eigenvalue weighted by atomic mass is 16.1. The molecule has 1 aliphatic heterocycles. The molecule has 2 rings (SSSR count). The van der Waals surface area contributed by atoms with Crippen LogP contribution < -0.4 is 11.0 Å². The van der Waals surface area contributed by atoms with Crippen LogP contribution in [0.2, 0.25) is 0 Å². The Kier molecular flexibility index (Phi) is 3.26. The maximum atomic E-state index is 11.8. The molecule has 1 N–H and O–H groups in total. The summed E-state index contributed by atoms with van der Waals surface area (Å²) in [6.07, 6.45) is 7.49. The molecule has 4 nitrogen and oxygen atoms in total. The van der Waals surface area contributed by atoms with Crippen molar-refractivity contribution in [2.75, 3.05) is 6.54 Å². The van der Waals surface area contributed by atoms with Crippen molar-refractivity contribution in [3.63, 3.8) is 0 Å². The maximum absolute atomic E-state index is 11.8. The third kappa shape index (κ3) is 2.31. The molecule has 1 aromatic rings. The first-order chi connectivity index (χ1) is 7.31. The molecular formula is C11H19N3O. The molecule has 84 valence electrons. The summed E-state index contributed by atoms with van der Waals surface area (Å²) >= 11 is 0. The lowest BCUT2D eigenvalue weighted by atomic mass is 10.1. The SMILES string of the molecule is CCn1ccn(CC2CCCCN2)c1=O. The molecule has 0 aliphatic carbocycles. The minimum atomic E-state index is 0.116. The van der Waals surface area contributed by atoms with Crippen molar-refractivity contribution in [2.24, 2.45) is 0 Å². The van der Waals surface area contributed by atoms with Crippen molar-refractivity contribution in [1.82, 2.24) is 14.5 Å². The van der Waals surface area contributed by atoms with Crippen LogP contribution in [0.25, 0.3) is 0 Å². The Labute approximate surface area is 89.9 Å². The molecule has 0 aromatic carbocycles. The molecule has 0 amide bonds. The smallest absolute Gasteiger partial charge is 0.312 e. The standard InChI is InChI=1S/C11H19N3O/c1-2-13-7-8-14(11(13)15)9-10-5-3-4-6-12-10/h7-8,10,12H,2-6,9H2,1H3. The molecule has 0 radical (unpaired) electrons. The van der Waals surface area contributed by atoms with E-state index in [2.05, 4.69) is 5.32 Å². The third-order valence-corrected chi connectivity index (χ3v) is 3.09. The van der Waals surface area contributed by atoms with Gasteiger partial charge in [0.05, 0.1) is 0 Å². The fraction of sp³-hybridized carbons (Fsp3) is 0.727. The van der Waals surface area contributed by atoms with Crippen LogP contribution in [-0.4, -0.2) is 21.7 Å². The normalized spacial score (nSPS) is 21.8. The van der Waals surface area contributed by atoms with E-state index in [0.29, 0.717) is 6.04 Å². The lowest BCUT2D eigenvalue weighted by Crippen LogP contribution is -2.39. The van der Waals surface area contributed by atoms with Gasteiger partial charge in [-0.25, -0.2) is 4.79 Å². The molecule has 1 fully saturated rings. The van der Waals surface area contributed by atoms with Gasteiger partial charge in [0.2, 0.25) is 0 Å². The quantitative estimate of drug-likeness (QED) is 0.800. The van der Waals surface area contributed by atoms with Crippen molar-refractivity contribution < 1.29 is 0 Å². The molecule has 4 heteroatoms. The molecule has 2 heterocycles. The summed E-state index contributed by atoms with van der Waals surface area (Å²) in [5.41, 5.74) is 0.116. The number of aromatic nitrogens is 2. The number of piperidine rings is 1. The van der Waals surface area contributed by atoms with E-state index in [4.69, 9.17) is 0 Å². The first kappa shape index (κ1) is 10.5. The zero-order valence-corrected chi connectivity index (χ0v) is 9.28. The highest BCUT2D eigenvalue weighted by molar-refractivity contribution is 4.84. The van der Waals surface area contributed by atoms with Crippen molar-refractivity contribution in [3.8, 4) is 0 Å². The summed E-state index contributed by atoms with van der Waals surface area (Å²) in [6.45, 7) is 4.65. The van der Waals surface area contributed by atoms with E-state index in [1.807, 2.05) is 23.9 Å². The van der Waals surface area contributed by atoms with Crippen molar-refractivity contribution in [3.05, 3.63) is 22.9 Å². The first-order valence-corrected chi connectivity index (χ1v) is 5.80.